The highest BCUT2D eigenvalue weighted by Crippen LogP contribution is 2.28. The van der Waals surface area contributed by atoms with Gasteiger partial charge in [0.15, 0.2) is 6.61 Å². The summed E-state index contributed by atoms with van der Waals surface area (Å²) in [6.07, 6.45) is 7.95. The largest absolute Gasteiger partial charge is 0.487 e. The van der Waals surface area contributed by atoms with Gasteiger partial charge in [0, 0.05) is 6.08 Å². The summed E-state index contributed by atoms with van der Waals surface area (Å²) in [4.78, 5) is 11.4. The van der Waals surface area contributed by atoms with Crippen LogP contribution in [0, 0.1) is 12.3 Å². The van der Waals surface area contributed by atoms with Crippen molar-refractivity contribution >= 4 is 34.4 Å². The average Bonchev–Trinajstić information content (AvgIpc) is 2.70. The zero-order chi connectivity index (χ0) is 19.1. The molecule has 3 nitrogen and oxygen atoms in total. The van der Waals surface area contributed by atoms with Gasteiger partial charge in [0.05, 0.1) is 5.02 Å². The minimum Gasteiger partial charge on any atom is -0.487 e. The third kappa shape index (κ3) is 4.91. The fourth-order valence-corrected chi connectivity index (χ4v) is 2.88. The summed E-state index contributed by atoms with van der Waals surface area (Å²) in [5, 5.41) is 2.79. The Morgan fingerprint density at radius 3 is 2.74 bits per heavy atom. The summed E-state index contributed by atoms with van der Waals surface area (Å²) in [6.45, 7) is 0.361. The van der Waals surface area contributed by atoms with Gasteiger partial charge in [-0.05, 0) is 40.1 Å². The third-order valence-electron chi connectivity index (χ3n) is 3.93. The fourth-order valence-electron chi connectivity index (χ4n) is 2.64. The van der Waals surface area contributed by atoms with E-state index in [1.807, 2.05) is 30.3 Å². The molecule has 0 saturated carbocycles. The van der Waals surface area contributed by atoms with Gasteiger partial charge >= 0.3 is 5.97 Å². The molecule has 0 unspecified atom stereocenters. The summed E-state index contributed by atoms with van der Waals surface area (Å²) in [6, 6.07) is 19.6. The van der Waals surface area contributed by atoms with Crippen LogP contribution in [0.4, 0.5) is 0 Å². The molecule has 0 aliphatic rings. The molecule has 134 valence electrons. The van der Waals surface area contributed by atoms with Gasteiger partial charge in [-0.15, -0.1) is 6.42 Å². The quantitative estimate of drug-likeness (QED) is 0.334. The summed E-state index contributed by atoms with van der Waals surface area (Å²) in [5.41, 5.74) is 1.85. The van der Waals surface area contributed by atoms with Crippen molar-refractivity contribution < 1.29 is 14.3 Å². The Bertz CT molecular complexity index is 1030. The number of ether oxygens (including phenoxy) is 2. The van der Waals surface area contributed by atoms with Crippen LogP contribution < -0.4 is 4.74 Å². The van der Waals surface area contributed by atoms with Crippen LogP contribution in [0.15, 0.2) is 66.7 Å². The number of halogens is 1. The number of benzene rings is 3. The number of rotatable bonds is 6. The molecule has 0 radical (unpaired) electrons. The zero-order valence-electron chi connectivity index (χ0n) is 14.5. The molecule has 0 bridgehead atoms. The van der Waals surface area contributed by atoms with E-state index >= 15 is 0 Å². The lowest BCUT2D eigenvalue weighted by Crippen LogP contribution is -2.00. The highest BCUT2D eigenvalue weighted by molar-refractivity contribution is 6.32. The van der Waals surface area contributed by atoms with Crippen LogP contribution in [-0.4, -0.2) is 12.6 Å². The molecule has 3 aromatic carbocycles. The van der Waals surface area contributed by atoms with Gasteiger partial charge in [0.25, 0.3) is 0 Å². The van der Waals surface area contributed by atoms with E-state index in [0.29, 0.717) is 17.4 Å². The Morgan fingerprint density at radius 2 is 1.93 bits per heavy atom. The van der Waals surface area contributed by atoms with Gasteiger partial charge in [-0.1, -0.05) is 66.1 Å². The first-order valence-electron chi connectivity index (χ1n) is 8.34. The van der Waals surface area contributed by atoms with E-state index in [-0.39, 0.29) is 6.61 Å². The number of hydrogen-bond acceptors (Lipinski definition) is 3. The van der Waals surface area contributed by atoms with Crippen LogP contribution in [-0.2, 0) is 16.1 Å². The molecule has 4 heteroatoms. The van der Waals surface area contributed by atoms with E-state index in [9.17, 15) is 4.79 Å². The molecular weight excluding hydrogens is 360 g/mol. The molecule has 0 heterocycles. The van der Waals surface area contributed by atoms with Crippen molar-refractivity contribution in [1.29, 1.82) is 0 Å². The van der Waals surface area contributed by atoms with E-state index in [1.54, 1.807) is 18.2 Å². The number of hydrogen-bond donors (Lipinski definition) is 0. The normalized spacial score (nSPS) is 10.7. The van der Waals surface area contributed by atoms with Gasteiger partial charge < -0.3 is 9.47 Å². The van der Waals surface area contributed by atoms with Gasteiger partial charge in [0.2, 0.25) is 0 Å². The maximum Gasteiger partial charge on any atom is 0.331 e. The molecule has 0 N–H and O–H groups in total. The Labute approximate surface area is 163 Å². The van der Waals surface area contributed by atoms with Crippen molar-refractivity contribution in [3.8, 4) is 18.1 Å². The van der Waals surface area contributed by atoms with Gasteiger partial charge in [-0.3, -0.25) is 0 Å². The van der Waals surface area contributed by atoms with E-state index in [0.717, 1.165) is 16.5 Å². The Morgan fingerprint density at radius 1 is 1.11 bits per heavy atom. The number of fused-ring (bicyclic) bond motifs is 1. The molecular formula is C23H17ClO3. The van der Waals surface area contributed by atoms with Gasteiger partial charge in [-0.25, -0.2) is 4.79 Å². The topological polar surface area (TPSA) is 35.5 Å². The van der Waals surface area contributed by atoms with Crippen LogP contribution in [0.1, 0.15) is 11.1 Å². The second kappa shape index (κ2) is 8.93. The van der Waals surface area contributed by atoms with E-state index < -0.39 is 5.97 Å². The number of terminal acetylenes is 1. The number of esters is 1. The highest BCUT2D eigenvalue weighted by atomic mass is 35.5. The molecule has 3 rings (SSSR count). The second-order valence-electron chi connectivity index (χ2n) is 5.76. The van der Waals surface area contributed by atoms with Gasteiger partial charge in [0.1, 0.15) is 12.4 Å². The molecule has 0 aliphatic heterocycles. The maximum absolute atomic E-state index is 11.4. The minimum absolute atomic E-state index is 0.0507. The van der Waals surface area contributed by atoms with Crippen LogP contribution >= 0.6 is 11.6 Å². The molecule has 3 aromatic rings. The maximum atomic E-state index is 11.4. The molecule has 27 heavy (non-hydrogen) atoms. The monoisotopic (exact) mass is 376 g/mol. The summed E-state index contributed by atoms with van der Waals surface area (Å²) in [7, 11) is 0. The van der Waals surface area contributed by atoms with Crippen molar-refractivity contribution in [1.82, 2.24) is 0 Å². The summed E-state index contributed by atoms with van der Waals surface area (Å²) >= 11 is 6.31. The van der Waals surface area contributed by atoms with Crippen molar-refractivity contribution in [3.05, 3.63) is 82.9 Å². The smallest absolute Gasteiger partial charge is 0.331 e. The van der Waals surface area contributed by atoms with Crippen molar-refractivity contribution in [2.24, 2.45) is 0 Å². The Balaban J connectivity index is 1.68. The number of carbonyl (C=O) groups is 1. The van der Waals surface area contributed by atoms with E-state index in [2.05, 4.69) is 24.1 Å². The fraction of sp³-hybridized carbons (Fsp3) is 0.0870. The van der Waals surface area contributed by atoms with Crippen LogP contribution in [0.3, 0.4) is 0 Å². The number of carbonyl (C=O) groups excluding carboxylic acids is 1. The first kappa shape index (κ1) is 18.6. The summed E-state index contributed by atoms with van der Waals surface area (Å²) in [5.74, 6) is 2.32. The average molecular weight is 377 g/mol. The van der Waals surface area contributed by atoms with E-state index in [4.69, 9.17) is 27.5 Å². The van der Waals surface area contributed by atoms with Crippen molar-refractivity contribution in [3.63, 3.8) is 0 Å². The molecule has 0 aromatic heterocycles. The molecule has 0 atom stereocenters. The SMILES string of the molecule is C#CCOC(=O)/C=C/c1ccc(OCc2cccc3ccccc23)c(Cl)c1. The van der Waals surface area contributed by atoms with Gasteiger partial charge in [-0.2, -0.15) is 0 Å². The second-order valence-corrected chi connectivity index (χ2v) is 6.17. The zero-order valence-corrected chi connectivity index (χ0v) is 15.3. The van der Waals surface area contributed by atoms with Crippen molar-refractivity contribution in [2.45, 2.75) is 6.61 Å². The summed E-state index contributed by atoms with van der Waals surface area (Å²) < 4.78 is 10.7. The minimum atomic E-state index is -0.500. The lowest BCUT2D eigenvalue weighted by Gasteiger charge is -2.11. The Kier molecular flexibility index (Phi) is 6.14. The Hall–Kier alpha value is -3.22. The van der Waals surface area contributed by atoms with Crippen LogP contribution in [0.2, 0.25) is 5.02 Å². The molecule has 0 fully saturated rings. The van der Waals surface area contributed by atoms with E-state index in [1.165, 1.54) is 11.5 Å². The molecule has 0 aliphatic carbocycles. The van der Waals surface area contributed by atoms with Crippen LogP contribution in [0.5, 0.6) is 5.75 Å². The molecule has 0 amide bonds. The molecule has 0 spiro atoms. The lowest BCUT2D eigenvalue weighted by molar-refractivity contribution is -0.136. The van der Waals surface area contributed by atoms with Crippen molar-refractivity contribution in [2.75, 3.05) is 6.61 Å². The van der Waals surface area contributed by atoms with Crippen LogP contribution in [0.25, 0.3) is 16.8 Å². The molecule has 0 saturated heterocycles. The first-order chi connectivity index (χ1) is 13.2. The first-order valence-corrected chi connectivity index (χ1v) is 8.72. The standard InChI is InChI=1S/C23H17ClO3/c1-2-14-26-23(25)13-11-17-10-12-22(21(24)15-17)27-16-19-8-5-7-18-6-3-4-9-20(18)19/h1,3-13,15H,14,16H2/b13-11+. The predicted octanol–water partition coefficient (Wildman–Crippen LogP) is 5.26. The lowest BCUT2D eigenvalue weighted by atomic mass is 10.1. The third-order valence-corrected chi connectivity index (χ3v) is 4.22. The highest BCUT2D eigenvalue weighted by Gasteiger charge is 2.05. The predicted molar refractivity (Wildman–Crippen MR) is 109 cm³/mol.